The van der Waals surface area contributed by atoms with Gasteiger partial charge in [-0.2, -0.15) is 0 Å². The average molecular weight is 491 g/mol. The number of hydrogen-bond donors (Lipinski definition) is 0. The highest BCUT2D eigenvalue weighted by Crippen LogP contribution is 2.58. The Morgan fingerprint density at radius 1 is 0.528 bits per heavy atom. The van der Waals surface area contributed by atoms with Crippen molar-refractivity contribution < 1.29 is 28.7 Å². The Balaban J connectivity index is 1.55. The van der Waals surface area contributed by atoms with E-state index in [1.165, 1.54) is 14.1 Å². The van der Waals surface area contributed by atoms with Crippen LogP contribution in [0.3, 0.4) is 0 Å². The maximum atomic E-state index is 13.5. The minimum Gasteiger partial charge on any atom is -0.497 e. The number of nitrogens with zero attached hydrogens (tertiary/aromatic N) is 4. The smallest absolute Gasteiger partial charge is 0.248 e. The number of carbonyl (C=O) groups is 4. The van der Waals surface area contributed by atoms with Crippen LogP contribution in [0.5, 0.6) is 11.5 Å². The van der Waals surface area contributed by atoms with E-state index in [2.05, 4.69) is 0 Å². The third kappa shape index (κ3) is 2.79. The Hall–Kier alpha value is -3.76. The number of imide groups is 2. The van der Waals surface area contributed by atoms with Crippen molar-refractivity contribution in [2.45, 2.75) is 24.2 Å². The molecule has 0 aliphatic carbocycles. The van der Waals surface area contributed by atoms with Gasteiger partial charge in [0.15, 0.2) is 0 Å². The van der Waals surface area contributed by atoms with Crippen LogP contribution >= 0.6 is 0 Å². The first-order valence-corrected chi connectivity index (χ1v) is 11.8. The molecular weight excluding hydrogens is 464 g/mol. The molecule has 4 aliphatic heterocycles. The highest BCUT2D eigenvalue weighted by atomic mass is 16.5. The molecule has 0 bridgehead atoms. The van der Waals surface area contributed by atoms with Crippen LogP contribution < -0.4 is 9.47 Å². The van der Waals surface area contributed by atoms with Gasteiger partial charge in [0.2, 0.25) is 23.6 Å². The third-order valence-corrected chi connectivity index (χ3v) is 8.08. The Bertz CT molecular complexity index is 1180. The molecule has 4 saturated heterocycles. The average Bonchev–Trinajstić information content (AvgIpc) is 3.55. The second-order valence-electron chi connectivity index (χ2n) is 9.61. The van der Waals surface area contributed by atoms with Gasteiger partial charge in [0.25, 0.3) is 0 Å². The number of amides is 4. The van der Waals surface area contributed by atoms with Crippen LogP contribution in [-0.4, -0.2) is 83.8 Å². The van der Waals surface area contributed by atoms with E-state index in [4.69, 9.17) is 9.47 Å². The Morgan fingerprint density at radius 2 is 0.861 bits per heavy atom. The van der Waals surface area contributed by atoms with Crippen LogP contribution in [-0.2, 0) is 19.2 Å². The Labute approximate surface area is 207 Å². The molecule has 0 radical (unpaired) electrons. The molecule has 6 atom stereocenters. The number of fused-ring (bicyclic) bond motifs is 5. The van der Waals surface area contributed by atoms with E-state index in [0.29, 0.717) is 11.5 Å². The molecule has 0 spiro atoms. The molecule has 6 rings (SSSR count). The van der Waals surface area contributed by atoms with Gasteiger partial charge in [0.1, 0.15) is 23.6 Å². The van der Waals surface area contributed by atoms with Crippen LogP contribution in [0.25, 0.3) is 0 Å². The van der Waals surface area contributed by atoms with Gasteiger partial charge in [-0.15, -0.1) is 0 Å². The van der Waals surface area contributed by atoms with Crippen molar-refractivity contribution in [1.29, 1.82) is 0 Å². The van der Waals surface area contributed by atoms with Crippen molar-refractivity contribution in [1.82, 2.24) is 19.8 Å². The molecule has 4 amide bonds. The summed E-state index contributed by atoms with van der Waals surface area (Å²) in [5.41, 5.74) is 1.54. The number of methoxy groups -OCH3 is 2. The SMILES string of the molecule is COc1ccc([C@@H]2[C@@H]3C(=O)N(C)C(=O)[C@@H]3N3[C@@H](c4ccc(OC)cc4)[C@@H]4C(=O)N(C)C(=O)[C@@H]4N23)cc1. The second-order valence-corrected chi connectivity index (χ2v) is 9.61. The molecule has 36 heavy (non-hydrogen) atoms. The predicted octanol–water partition coefficient (Wildman–Crippen LogP) is 0.999. The first kappa shape index (κ1) is 22.7. The fraction of sp³-hybridized carbons (Fsp3) is 0.385. The molecule has 0 N–H and O–H groups in total. The van der Waals surface area contributed by atoms with E-state index in [-0.39, 0.29) is 23.6 Å². The molecule has 186 valence electrons. The zero-order chi connectivity index (χ0) is 25.5. The van der Waals surface area contributed by atoms with Crippen molar-refractivity contribution in [3.63, 3.8) is 0 Å². The lowest BCUT2D eigenvalue weighted by Gasteiger charge is -2.35. The normalized spacial score (nSPS) is 31.8. The number of ether oxygens (including phenoxy) is 2. The van der Waals surface area contributed by atoms with Crippen LogP contribution in [0.2, 0.25) is 0 Å². The Morgan fingerprint density at radius 3 is 1.17 bits per heavy atom. The number of hydrazine groups is 1. The van der Waals surface area contributed by atoms with Gasteiger partial charge in [0.05, 0.1) is 38.1 Å². The van der Waals surface area contributed by atoms with Crippen LogP contribution in [0, 0.1) is 11.8 Å². The maximum Gasteiger partial charge on any atom is 0.248 e. The number of likely N-dealkylation sites (tertiary alicyclic amines) is 2. The molecule has 2 aromatic carbocycles. The van der Waals surface area contributed by atoms with Crippen molar-refractivity contribution in [3.8, 4) is 11.5 Å². The lowest BCUT2D eigenvalue weighted by Crippen LogP contribution is -2.49. The van der Waals surface area contributed by atoms with Crippen molar-refractivity contribution >= 4 is 23.6 Å². The standard InChI is InChI=1S/C26H26N4O6/c1-27-23(31)17-19(13-5-9-15(35-3)10-6-13)30-22-18(24(32)28(2)26(22)34)20(29(30)21(17)25(27)33)14-7-11-16(36-4)12-8-14/h5-12,17-22H,1-4H3/t17-,18-,19-,20+,21+,22+/m0/s1. The first-order valence-electron chi connectivity index (χ1n) is 11.8. The van der Waals surface area contributed by atoms with E-state index in [9.17, 15) is 19.2 Å². The van der Waals surface area contributed by atoms with Crippen LogP contribution in [0.15, 0.2) is 48.5 Å². The summed E-state index contributed by atoms with van der Waals surface area (Å²) in [5, 5.41) is 3.67. The van der Waals surface area contributed by atoms with E-state index in [1.807, 2.05) is 34.3 Å². The fourth-order valence-corrected chi connectivity index (χ4v) is 6.38. The van der Waals surface area contributed by atoms with Gasteiger partial charge < -0.3 is 9.47 Å². The minimum absolute atomic E-state index is 0.296. The number of hydrogen-bond acceptors (Lipinski definition) is 8. The molecule has 0 unspecified atom stereocenters. The third-order valence-electron chi connectivity index (χ3n) is 8.08. The molecule has 4 aliphatic rings. The zero-order valence-corrected chi connectivity index (χ0v) is 20.3. The Kier molecular flexibility index (Phi) is 4.96. The molecular formula is C26H26N4O6. The lowest BCUT2D eigenvalue weighted by atomic mass is 9.84. The molecule has 10 nitrogen and oxygen atoms in total. The van der Waals surface area contributed by atoms with Crippen LogP contribution in [0.1, 0.15) is 23.2 Å². The van der Waals surface area contributed by atoms with Gasteiger partial charge in [-0.05, 0) is 35.4 Å². The number of rotatable bonds is 4. The second kappa shape index (κ2) is 7.87. The van der Waals surface area contributed by atoms with Crippen molar-refractivity contribution in [2.24, 2.45) is 11.8 Å². The highest BCUT2D eigenvalue weighted by Gasteiger charge is 2.72. The lowest BCUT2D eigenvalue weighted by molar-refractivity contribution is -0.151. The molecule has 0 aromatic heterocycles. The summed E-state index contributed by atoms with van der Waals surface area (Å²) in [6.45, 7) is 0. The quantitative estimate of drug-likeness (QED) is 0.586. The van der Waals surface area contributed by atoms with Crippen LogP contribution in [0.4, 0.5) is 0 Å². The summed E-state index contributed by atoms with van der Waals surface area (Å²) in [4.78, 5) is 56.1. The fourth-order valence-electron chi connectivity index (χ4n) is 6.38. The minimum atomic E-state index is -0.821. The van der Waals surface area contributed by atoms with E-state index in [0.717, 1.165) is 20.9 Å². The molecule has 4 fully saturated rings. The number of likely N-dealkylation sites (N-methyl/N-ethyl adjacent to an activating group) is 2. The monoisotopic (exact) mass is 490 g/mol. The molecule has 10 heteroatoms. The molecule has 4 heterocycles. The summed E-state index contributed by atoms with van der Waals surface area (Å²) in [5.74, 6) is -1.39. The molecule has 2 aromatic rings. The number of benzene rings is 2. The first-order chi connectivity index (χ1) is 17.3. The summed E-state index contributed by atoms with van der Waals surface area (Å²) >= 11 is 0. The van der Waals surface area contributed by atoms with Gasteiger partial charge in [-0.1, -0.05) is 24.3 Å². The van der Waals surface area contributed by atoms with Gasteiger partial charge in [-0.25, -0.2) is 10.0 Å². The van der Waals surface area contributed by atoms with Gasteiger partial charge in [-0.3, -0.25) is 29.0 Å². The van der Waals surface area contributed by atoms with E-state index in [1.54, 1.807) is 38.5 Å². The zero-order valence-electron chi connectivity index (χ0n) is 20.3. The van der Waals surface area contributed by atoms with Gasteiger partial charge in [0, 0.05) is 14.1 Å². The predicted molar refractivity (Wildman–Crippen MR) is 125 cm³/mol. The summed E-state index contributed by atoms with van der Waals surface area (Å²) in [6.07, 6.45) is 0. The summed E-state index contributed by atoms with van der Waals surface area (Å²) < 4.78 is 10.6. The van der Waals surface area contributed by atoms with Crippen molar-refractivity contribution in [3.05, 3.63) is 59.7 Å². The maximum absolute atomic E-state index is 13.5. The topological polar surface area (TPSA) is 99.7 Å². The summed E-state index contributed by atoms with van der Waals surface area (Å²) in [7, 11) is 6.11. The van der Waals surface area contributed by atoms with Gasteiger partial charge >= 0.3 is 0 Å². The highest BCUT2D eigenvalue weighted by molar-refractivity contribution is 6.10. The number of carbonyl (C=O) groups excluding carboxylic acids is 4. The van der Waals surface area contributed by atoms with Crippen molar-refractivity contribution in [2.75, 3.05) is 28.3 Å². The van der Waals surface area contributed by atoms with E-state index >= 15 is 0 Å². The van der Waals surface area contributed by atoms with E-state index < -0.39 is 36.0 Å². The molecule has 0 saturated carbocycles. The summed E-state index contributed by atoms with van der Waals surface area (Å²) in [6, 6.07) is 11.7. The largest absolute Gasteiger partial charge is 0.497 e.